The molecule has 80 valence electrons. The molecule has 0 N–H and O–H groups in total. The first kappa shape index (κ1) is 12.3. The van der Waals surface area contributed by atoms with Crippen LogP contribution >= 0.6 is 23.2 Å². The topological polar surface area (TPSA) is 52.9 Å². The van der Waals surface area contributed by atoms with Crippen LogP contribution in [-0.2, 0) is 0 Å². The van der Waals surface area contributed by atoms with E-state index in [-0.39, 0.29) is 0 Å². The molecule has 0 amide bonds. The number of allylic oxidation sites excluding steroid dienone is 4. The molecule has 1 aliphatic carbocycles. The van der Waals surface area contributed by atoms with E-state index in [1.807, 2.05) is 0 Å². The Kier molecular flexibility index (Phi) is 3.73. The van der Waals surface area contributed by atoms with Gasteiger partial charge in [-0.25, -0.2) is 8.78 Å². The second kappa shape index (κ2) is 4.84. The third-order valence-corrected chi connectivity index (χ3v) is 2.22. The Bertz CT molecular complexity index is 467. The van der Waals surface area contributed by atoms with Crippen LogP contribution < -0.4 is 0 Å². The number of aliphatic imine (C=N–C) groups is 1. The van der Waals surface area contributed by atoms with Gasteiger partial charge in [-0.05, 0) is 0 Å². The summed E-state index contributed by atoms with van der Waals surface area (Å²) in [5, 5.41) is 9.72. The Hall–Kier alpha value is -1.76. The zero-order valence-electron chi connectivity index (χ0n) is 7.30. The molecule has 16 heavy (non-hydrogen) atoms. The van der Waals surface area contributed by atoms with Gasteiger partial charge in [0.1, 0.15) is 15.8 Å². The van der Waals surface area contributed by atoms with Crippen LogP contribution in [0, 0.1) is 18.0 Å². The van der Waals surface area contributed by atoms with Crippen molar-refractivity contribution in [2.24, 2.45) is 10.1 Å². The molecule has 0 unspecified atom stereocenters. The minimum Gasteiger partial charge on any atom is -0.203 e. The molecule has 0 fully saturated rings. The Morgan fingerprint density at radius 1 is 1.19 bits per heavy atom. The maximum Gasteiger partial charge on any atom is 0.206 e. The zero-order valence-corrected chi connectivity index (χ0v) is 8.81. The first-order chi connectivity index (χ1) is 7.54. The lowest BCUT2D eigenvalue weighted by molar-refractivity contribution is 0.658. The number of nitriles is 1. The normalized spacial score (nSPS) is 21.4. The van der Waals surface area contributed by atoms with E-state index in [0.717, 1.165) is 0 Å². The van der Waals surface area contributed by atoms with Crippen LogP contribution in [0.25, 0.3) is 4.95 Å². The summed E-state index contributed by atoms with van der Waals surface area (Å²) in [7, 11) is 0. The van der Waals surface area contributed by atoms with Gasteiger partial charge in [-0.2, -0.15) is 16.8 Å². The van der Waals surface area contributed by atoms with Crippen LogP contribution in [0.3, 0.4) is 0 Å². The van der Waals surface area contributed by atoms with Crippen LogP contribution in [0.15, 0.2) is 31.8 Å². The van der Waals surface area contributed by atoms with Crippen LogP contribution in [0.4, 0.5) is 8.78 Å². The van der Waals surface area contributed by atoms with Crippen LogP contribution in [0.1, 0.15) is 0 Å². The van der Waals surface area contributed by atoms with Crippen molar-refractivity contribution in [3.63, 3.8) is 0 Å². The molecule has 4 nitrogen and oxygen atoms in total. The van der Waals surface area contributed by atoms with Gasteiger partial charge in [-0.1, -0.05) is 23.2 Å². The van der Waals surface area contributed by atoms with Crippen molar-refractivity contribution >= 4 is 34.6 Å². The molecule has 0 atom stereocenters. The molecule has 8 heteroatoms. The summed E-state index contributed by atoms with van der Waals surface area (Å²) in [5.74, 6) is -2.39. The van der Waals surface area contributed by atoms with Gasteiger partial charge in [-0.15, -0.1) is 4.95 Å². The molecule has 1 rings (SSSR count). The van der Waals surface area contributed by atoms with Crippen LogP contribution in [-0.4, -0.2) is 11.4 Å². The quantitative estimate of drug-likeness (QED) is 0.286. The first-order valence-electron chi connectivity index (χ1n) is 3.57. The van der Waals surface area contributed by atoms with Gasteiger partial charge < -0.3 is 0 Å². The minimum atomic E-state index is -1.20. The van der Waals surface area contributed by atoms with Crippen molar-refractivity contribution in [1.29, 1.82) is 5.26 Å². The monoisotopic (exact) mass is 260 g/mol. The lowest BCUT2D eigenvalue weighted by Crippen LogP contribution is -2.16. The van der Waals surface area contributed by atoms with Gasteiger partial charge >= 0.3 is 0 Å². The van der Waals surface area contributed by atoms with Crippen LogP contribution in [0.2, 0.25) is 0 Å². The summed E-state index contributed by atoms with van der Waals surface area (Å²) in [6.45, 7) is 6.40. The Morgan fingerprint density at radius 3 is 2.19 bits per heavy atom. The number of nitrogens with zero attached hydrogens (tertiary/aromatic N) is 4. The molecule has 0 aromatic heterocycles. The van der Waals surface area contributed by atoms with Gasteiger partial charge in [-0.3, -0.25) is 0 Å². The summed E-state index contributed by atoms with van der Waals surface area (Å²) < 4.78 is 26.8. The summed E-state index contributed by atoms with van der Waals surface area (Å²) >= 11 is 10.8. The summed E-state index contributed by atoms with van der Waals surface area (Å²) in [5.41, 5.74) is -1.42. The summed E-state index contributed by atoms with van der Waals surface area (Å²) in [6.07, 6.45) is 1.26. The molecule has 0 bridgehead atoms. The van der Waals surface area contributed by atoms with Crippen molar-refractivity contribution < 1.29 is 8.78 Å². The largest absolute Gasteiger partial charge is 0.206 e. The fraction of sp³-hybridized carbons (Fsp3) is 0. The molecule has 0 saturated heterocycles. The molecular weight excluding hydrogens is 261 g/mol. The molecule has 0 aromatic rings. The number of halogens is 4. The Balaban J connectivity index is 3.52. The van der Waals surface area contributed by atoms with Crippen molar-refractivity contribution in [2.75, 3.05) is 0 Å². The van der Waals surface area contributed by atoms with Gasteiger partial charge in [0.15, 0.2) is 11.7 Å². The molecule has 1 aliphatic rings. The van der Waals surface area contributed by atoms with Crippen molar-refractivity contribution in [2.45, 2.75) is 0 Å². The average molecular weight is 261 g/mol. The molecule has 0 heterocycles. The highest BCUT2D eigenvalue weighted by molar-refractivity contribution is 6.56. The number of hydrogen-bond acceptors (Lipinski definition) is 3. The van der Waals surface area contributed by atoms with Gasteiger partial charge in [0.05, 0.1) is 5.10 Å². The number of rotatable bonds is 0. The third-order valence-electron chi connectivity index (χ3n) is 1.53. The first-order valence-corrected chi connectivity index (χ1v) is 4.33. The fourth-order valence-electron chi connectivity index (χ4n) is 0.894. The van der Waals surface area contributed by atoms with E-state index in [4.69, 9.17) is 35.0 Å². The van der Waals surface area contributed by atoms with Crippen molar-refractivity contribution in [1.82, 2.24) is 0 Å². The molecule has 0 radical (unpaired) electrons. The fourth-order valence-corrected chi connectivity index (χ4v) is 1.32. The average Bonchev–Trinajstić information content (AvgIpc) is 2.28. The lowest BCUT2D eigenvalue weighted by Gasteiger charge is -2.10. The molecule has 0 saturated carbocycles. The highest BCUT2D eigenvalue weighted by Gasteiger charge is 2.33. The smallest absolute Gasteiger partial charge is 0.203 e. The van der Waals surface area contributed by atoms with E-state index < -0.39 is 33.1 Å². The van der Waals surface area contributed by atoms with E-state index in [1.165, 1.54) is 6.19 Å². The number of hydrogen-bond donors (Lipinski definition) is 0. The summed E-state index contributed by atoms with van der Waals surface area (Å²) in [4.78, 5) is 5.50. The van der Waals surface area contributed by atoms with Crippen molar-refractivity contribution in [3.05, 3.63) is 33.2 Å². The summed E-state index contributed by atoms with van der Waals surface area (Å²) in [6, 6.07) is 0. The molecule has 0 spiro atoms. The second-order valence-corrected chi connectivity index (χ2v) is 3.12. The maximum absolute atomic E-state index is 13.4. The Labute approximate surface area is 98.6 Å². The lowest BCUT2D eigenvalue weighted by atomic mass is 10.1. The minimum absolute atomic E-state index is 0.712. The highest BCUT2D eigenvalue weighted by atomic mass is 35.5. The van der Waals surface area contributed by atoms with E-state index in [9.17, 15) is 8.78 Å². The predicted octanol–water partition coefficient (Wildman–Crippen LogP) is 3.04. The third kappa shape index (κ3) is 1.94. The molecular formula is C8Cl2F2N4. The Morgan fingerprint density at radius 2 is 1.69 bits per heavy atom. The standard InChI is InChI=1S/C8Cl2F2N4/c1-14-16-8-4(10)5(11)7(15-2-13)3(9)6(8)12/b15-7?,16-8+. The van der Waals surface area contributed by atoms with Gasteiger partial charge in [0.25, 0.3) is 0 Å². The highest BCUT2D eigenvalue weighted by Crippen LogP contribution is 2.32. The SMILES string of the molecule is [C-]#[N+]/N=C1/C(F)=C(Cl)C(=NC#N)C(F)=C1Cl. The molecule has 0 aliphatic heterocycles. The predicted molar refractivity (Wildman–Crippen MR) is 55.1 cm³/mol. The van der Waals surface area contributed by atoms with Crippen molar-refractivity contribution in [3.8, 4) is 6.19 Å². The van der Waals surface area contributed by atoms with Gasteiger partial charge in [0, 0.05) is 0 Å². The zero-order chi connectivity index (χ0) is 12.3. The van der Waals surface area contributed by atoms with E-state index >= 15 is 0 Å². The van der Waals surface area contributed by atoms with E-state index in [1.54, 1.807) is 0 Å². The van der Waals surface area contributed by atoms with E-state index in [0.29, 0.717) is 0 Å². The second-order valence-electron chi connectivity index (χ2n) is 2.36. The molecule has 0 aromatic carbocycles. The maximum atomic E-state index is 13.4. The van der Waals surface area contributed by atoms with Gasteiger partial charge in [0.2, 0.25) is 11.9 Å². The van der Waals surface area contributed by atoms with E-state index in [2.05, 4.69) is 15.0 Å². The van der Waals surface area contributed by atoms with Crippen LogP contribution in [0.5, 0.6) is 0 Å².